The van der Waals surface area contributed by atoms with Crippen LogP contribution in [0.3, 0.4) is 0 Å². The van der Waals surface area contributed by atoms with Gasteiger partial charge in [0.2, 0.25) is 5.95 Å². The van der Waals surface area contributed by atoms with E-state index in [0.717, 1.165) is 0 Å². The van der Waals surface area contributed by atoms with E-state index in [1.165, 1.54) is 18.2 Å². The zero-order valence-corrected chi connectivity index (χ0v) is 17.6. The van der Waals surface area contributed by atoms with Gasteiger partial charge in [0, 0.05) is 33.4 Å². The summed E-state index contributed by atoms with van der Waals surface area (Å²) in [5.41, 5.74) is 1.25. The van der Waals surface area contributed by atoms with Crippen LogP contribution in [0.1, 0.15) is 6.92 Å². The number of aliphatic hydroxyl groups is 1. The van der Waals surface area contributed by atoms with Gasteiger partial charge in [0.25, 0.3) is 0 Å². The van der Waals surface area contributed by atoms with E-state index in [4.69, 9.17) is 23.2 Å². The third-order valence-corrected chi connectivity index (χ3v) is 4.31. The number of nitrogens with one attached hydrogen (secondary N) is 2. The molecule has 3 aromatic rings. The summed E-state index contributed by atoms with van der Waals surface area (Å²) < 4.78 is 41.7. The fourth-order valence-electron chi connectivity index (χ4n) is 2.62. The van der Waals surface area contributed by atoms with Crippen molar-refractivity contribution >= 4 is 40.7 Å². The molecule has 0 aliphatic heterocycles. The zero-order chi connectivity index (χ0) is 22.6. The molecule has 1 aromatic heterocycles. The number of alkyl halides is 3. The number of anilines is 3. The van der Waals surface area contributed by atoms with Gasteiger partial charge in [-0.25, -0.2) is 4.98 Å². The maximum Gasteiger partial charge on any atom is 0.573 e. The molecule has 164 valence electrons. The number of ether oxygens (including phenoxy) is 1. The molecule has 11 heteroatoms. The minimum atomic E-state index is -4.81. The fourth-order valence-corrected chi connectivity index (χ4v) is 3.14. The molecule has 0 aliphatic rings. The van der Waals surface area contributed by atoms with Crippen molar-refractivity contribution in [3.05, 3.63) is 58.6 Å². The van der Waals surface area contributed by atoms with E-state index in [-0.39, 0.29) is 24.3 Å². The third-order valence-electron chi connectivity index (χ3n) is 3.87. The number of nitrogens with zero attached hydrogens (tertiary/aromatic N) is 2. The molecule has 0 unspecified atom stereocenters. The maximum absolute atomic E-state index is 12.6. The monoisotopic (exact) mass is 472 g/mol. The van der Waals surface area contributed by atoms with Gasteiger partial charge in [0.15, 0.2) is 0 Å². The zero-order valence-electron chi connectivity index (χ0n) is 16.0. The molecule has 0 amide bonds. The molecular weight excluding hydrogens is 456 g/mol. The lowest BCUT2D eigenvalue weighted by Crippen LogP contribution is -2.21. The number of halogens is 5. The molecule has 0 saturated carbocycles. The van der Waals surface area contributed by atoms with Crippen LogP contribution in [-0.2, 0) is 0 Å². The summed E-state index contributed by atoms with van der Waals surface area (Å²) >= 11 is 12.1. The highest BCUT2D eigenvalue weighted by molar-refractivity contribution is 6.35. The summed E-state index contributed by atoms with van der Waals surface area (Å²) in [6.07, 6.45) is -4.81. The van der Waals surface area contributed by atoms with Crippen LogP contribution in [0.2, 0.25) is 10.0 Å². The highest BCUT2D eigenvalue weighted by Gasteiger charge is 2.31. The van der Waals surface area contributed by atoms with Gasteiger partial charge in [-0.1, -0.05) is 35.3 Å². The standard InChI is InChI=1S/C20H17Cl2F3N4O2/c1-11(10-30)26-19-28-17(12-3-2-4-16(5-12)31-20(23,24)25)9-18(29-19)27-15-7-13(21)6-14(22)8-15/h2-9,11,30H,10H2,1H3,(H2,26,27,28,29)/t11-/m1/s1. The van der Waals surface area contributed by atoms with Gasteiger partial charge in [-0.2, -0.15) is 4.98 Å². The van der Waals surface area contributed by atoms with E-state index in [1.54, 1.807) is 37.3 Å². The summed E-state index contributed by atoms with van der Waals surface area (Å²) in [6.45, 7) is 1.55. The summed E-state index contributed by atoms with van der Waals surface area (Å²) in [6, 6.07) is 11.5. The Morgan fingerprint density at radius 1 is 1.06 bits per heavy atom. The minimum Gasteiger partial charge on any atom is -0.406 e. The van der Waals surface area contributed by atoms with Gasteiger partial charge < -0.3 is 20.5 Å². The predicted octanol–water partition coefficient (Wildman–Crippen LogP) is 5.89. The SMILES string of the molecule is C[C@H](CO)Nc1nc(Nc2cc(Cl)cc(Cl)c2)cc(-c2cccc(OC(F)(F)F)c2)n1. The van der Waals surface area contributed by atoms with E-state index in [0.29, 0.717) is 32.8 Å². The topological polar surface area (TPSA) is 79.3 Å². The lowest BCUT2D eigenvalue weighted by Gasteiger charge is -2.15. The number of aromatic nitrogens is 2. The van der Waals surface area contributed by atoms with Gasteiger partial charge in [0.1, 0.15) is 11.6 Å². The van der Waals surface area contributed by atoms with Crippen molar-refractivity contribution in [2.75, 3.05) is 17.2 Å². The molecule has 0 fully saturated rings. The highest BCUT2D eigenvalue weighted by atomic mass is 35.5. The Hall–Kier alpha value is -2.75. The molecular formula is C20H17Cl2F3N4O2. The summed E-state index contributed by atoms with van der Waals surface area (Å²) in [7, 11) is 0. The number of hydrogen-bond donors (Lipinski definition) is 3. The van der Waals surface area contributed by atoms with Crippen LogP contribution in [0.15, 0.2) is 48.5 Å². The Labute approximate surface area is 186 Å². The Morgan fingerprint density at radius 3 is 2.42 bits per heavy atom. The first kappa shape index (κ1) is 22.9. The smallest absolute Gasteiger partial charge is 0.406 e. The first-order valence-electron chi connectivity index (χ1n) is 8.97. The number of hydrogen-bond acceptors (Lipinski definition) is 6. The maximum atomic E-state index is 12.6. The van der Waals surface area contributed by atoms with Gasteiger partial charge in [-0.05, 0) is 37.3 Å². The van der Waals surface area contributed by atoms with E-state index in [2.05, 4.69) is 25.3 Å². The van der Waals surface area contributed by atoms with Crippen LogP contribution in [-0.4, -0.2) is 34.1 Å². The first-order chi connectivity index (χ1) is 14.6. The Balaban J connectivity index is 2.00. The third kappa shape index (κ3) is 6.88. The Bertz CT molecular complexity index is 1050. The van der Waals surface area contributed by atoms with Crippen molar-refractivity contribution < 1.29 is 23.0 Å². The number of benzene rings is 2. The Kier molecular flexibility index (Phi) is 7.09. The molecule has 3 N–H and O–H groups in total. The predicted molar refractivity (Wildman–Crippen MR) is 114 cm³/mol. The van der Waals surface area contributed by atoms with Crippen molar-refractivity contribution in [2.24, 2.45) is 0 Å². The highest BCUT2D eigenvalue weighted by Crippen LogP contribution is 2.30. The van der Waals surface area contributed by atoms with Crippen LogP contribution < -0.4 is 15.4 Å². The van der Waals surface area contributed by atoms with Crippen molar-refractivity contribution in [1.82, 2.24) is 9.97 Å². The molecule has 0 radical (unpaired) electrons. The largest absolute Gasteiger partial charge is 0.573 e. The molecule has 0 aliphatic carbocycles. The normalized spacial score (nSPS) is 12.4. The van der Waals surface area contributed by atoms with Crippen LogP contribution >= 0.6 is 23.2 Å². The van der Waals surface area contributed by atoms with Gasteiger partial charge in [-0.3, -0.25) is 0 Å². The lowest BCUT2D eigenvalue weighted by molar-refractivity contribution is -0.274. The quantitative estimate of drug-likeness (QED) is 0.398. The van der Waals surface area contributed by atoms with Crippen molar-refractivity contribution in [2.45, 2.75) is 19.3 Å². The molecule has 6 nitrogen and oxygen atoms in total. The van der Waals surface area contributed by atoms with Crippen molar-refractivity contribution in [1.29, 1.82) is 0 Å². The second kappa shape index (κ2) is 9.59. The second-order valence-corrected chi connectivity index (χ2v) is 7.42. The Morgan fingerprint density at radius 2 is 1.77 bits per heavy atom. The minimum absolute atomic E-state index is 0.164. The molecule has 0 bridgehead atoms. The average Bonchev–Trinajstić information content (AvgIpc) is 2.65. The van der Waals surface area contributed by atoms with Gasteiger partial charge >= 0.3 is 6.36 Å². The fraction of sp³-hybridized carbons (Fsp3) is 0.200. The van der Waals surface area contributed by atoms with Crippen molar-refractivity contribution in [3.63, 3.8) is 0 Å². The second-order valence-electron chi connectivity index (χ2n) is 6.55. The van der Waals surface area contributed by atoms with Crippen LogP contribution in [0.5, 0.6) is 5.75 Å². The summed E-state index contributed by atoms with van der Waals surface area (Å²) in [5, 5.41) is 16.1. The van der Waals surface area contributed by atoms with E-state index >= 15 is 0 Å². The molecule has 31 heavy (non-hydrogen) atoms. The first-order valence-corrected chi connectivity index (χ1v) is 9.72. The summed E-state index contributed by atoms with van der Waals surface area (Å²) in [5.74, 6) is 0.118. The lowest BCUT2D eigenvalue weighted by atomic mass is 10.1. The van der Waals surface area contributed by atoms with Crippen molar-refractivity contribution in [3.8, 4) is 17.0 Å². The average molecular weight is 473 g/mol. The van der Waals surface area contributed by atoms with E-state index < -0.39 is 6.36 Å². The number of rotatable bonds is 7. The molecule has 3 rings (SSSR count). The van der Waals surface area contributed by atoms with Gasteiger partial charge in [-0.15, -0.1) is 13.2 Å². The van der Waals surface area contributed by atoms with Gasteiger partial charge in [0.05, 0.1) is 12.3 Å². The molecule has 0 saturated heterocycles. The van der Waals surface area contributed by atoms with Crippen LogP contribution in [0, 0.1) is 0 Å². The molecule has 1 heterocycles. The van der Waals surface area contributed by atoms with E-state index in [9.17, 15) is 18.3 Å². The molecule has 2 aromatic carbocycles. The number of aliphatic hydroxyl groups excluding tert-OH is 1. The van der Waals surface area contributed by atoms with E-state index in [1.807, 2.05) is 0 Å². The van der Waals surface area contributed by atoms with Crippen LogP contribution in [0.25, 0.3) is 11.3 Å². The van der Waals surface area contributed by atoms with Crippen LogP contribution in [0.4, 0.5) is 30.6 Å². The molecule has 1 atom stereocenters. The summed E-state index contributed by atoms with van der Waals surface area (Å²) in [4.78, 5) is 8.69. The molecule has 0 spiro atoms.